The number of hydrogen-bond acceptors (Lipinski definition) is 6. The molecule has 21 heavy (non-hydrogen) atoms. The van der Waals surface area contributed by atoms with Crippen LogP contribution in [0.3, 0.4) is 0 Å². The molecule has 0 radical (unpaired) electrons. The van der Waals surface area contributed by atoms with E-state index in [1.54, 1.807) is 19.1 Å². The van der Waals surface area contributed by atoms with Crippen LogP contribution >= 0.6 is 0 Å². The second kappa shape index (κ2) is 6.00. The van der Waals surface area contributed by atoms with E-state index >= 15 is 0 Å². The standard InChI is InChI=1S/C12H14F3N5O/c1-7(5-8-3-2-4-21-8)17-10-6-9(12(13,14)15)18-11(19-10)20-16/h2-4,6-7H,5,16H2,1H3,(H2,17,18,19,20). The number of furan rings is 1. The molecular weight excluding hydrogens is 287 g/mol. The number of nitrogens with zero attached hydrogens (tertiary/aromatic N) is 2. The minimum absolute atomic E-state index is 0.0318. The maximum Gasteiger partial charge on any atom is 0.433 e. The van der Waals surface area contributed by atoms with E-state index in [1.807, 2.05) is 5.43 Å². The molecule has 0 fully saturated rings. The van der Waals surface area contributed by atoms with Crippen LogP contribution in [0, 0.1) is 0 Å². The number of nitrogens with one attached hydrogen (secondary N) is 2. The van der Waals surface area contributed by atoms with Gasteiger partial charge in [-0.3, -0.25) is 5.43 Å². The zero-order valence-corrected chi connectivity index (χ0v) is 11.1. The number of hydrazine groups is 1. The smallest absolute Gasteiger partial charge is 0.433 e. The molecule has 0 aliphatic rings. The lowest BCUT2D eigenvalue weighted by Gasteiger charge is -2.15. The molecule has 2 rings (SSSR count). The van der Waals surface area contributed by atoms with E-state index in [0.29, 0.717) is 6.42 Å². The summed E-state index contributed by atoms with van der Waals surface area (Å²) in [6, 6.07) is 4.18. The zero-order valence-electron chi connectivity index (χ0n) is 11.1. The third-order valence-corrected chi connectivity index (χ3v) is 2.63. The van der Waals surface area contributed by atoms with Crippen LogP contribution in [-0.2, 0) is 12.6 Å². The molecule has 0 spiro atoms. The molecule has 0 aromatic carbocycles. The van der Waals surface area contributed by atoms with Crippen molar-refractivity contribution in [3.8, 4) is 0 Å². The Kier molecular flexibility index (Phi) is 4.32. The Morgan fingerprint density at radius 2 is 2.14 bits per heavy atom. The van der Waals surface area contributed by atoms with E-state index in [2.05, 4.69) is 15.3 Å². The van der Waals surface area contributed by atoms with Gasteiger partial charge in [0.1, 0.15) is 11.6 Å². The maximum absolute atomic E-state index is 12.7. The number of rotatable bonds is 5. The lowest BCUT2D eigenvalue weighted by atomic mass is 10.2. The van der Waals surface area contributed by atoms with Gasteiger partial charge in [-0.2, -0.15) is 18.2 Å². The lowest BCUT2D eigenvalue weighted by Crippen LogP contribution is -2.21. The van der Waals surface area contributed by atoms with Crippen LogP contribution in [0.15, 0.2) is 28.9 Å². The molecule has 1 unspecified atom stereocenters. The highest BCUT2D eigenvalue weighted by Gasteiger charge is 2.33. The van der Waals surface area contributed by atoms with Crippen molar-refractivity contribution in [2.45, 2.75) is 25.6 Å². The third kappa shape index (κ3) is 4.09. The summed E-state index contributed by atoms with van der Waals surface area (Å²) < 4.78 is 43.4. The van der Waals surface area contributed by atoms with Gasteiger partial charge in [-0.05, 0) is 19.1 Å². The molecule has 9 heteroatoms. The fourth-order valence-electron chi connectivity index (χ4n) is 1.76. The maximum atomic E-state index is 12.7. The number of halogens is 3. The second-order valence-corrected chi connectivity index (χ2v) is 4.43. The Morgan fingerprint density at radius 1 is 1.38 bits per heavy atom. The molecule has 114 valence electrons. The van der Waals surface area contributed by atoms with Crippen LogP contribution < -0.4 is 16.6 Å². The highest BCUT2D eigenvalue weighted by atomic mass is 19.4. The van der Waals surface area contributed by atoms with E-state index in [9.17, 15) is 13.2 Å². The molecule has 0 saturated carbocycles. The number of alkyl halides is 3. The molecule has 0 amide bonds. The van der Waals surface area contributed by atoms with Crippen molar-refractivity contribution in [2.75, 3.05) is 10.7 Å². The normalized spacial score (nSPS) is 13.0. The van der Waals surface area contributed by atoms with Crippen molar-refractivity contribution < 1.29 is 17.6 Å². The topological polar surface area (TPSA) is 89.0 Å². The number of nitrogen functional groups attached to an aromatic ring is 1. The van der Waals surface area contributed by atoms with Crippen LogP contribution in [0.1, 0.15) is 18.4 Å². The van der Waals surface area contributed by atoms with E-state index in [1.165, 1.54) is 6.26 Å². The van der Waals surface area contributed by atoms with Crippen LogP contribution in [0.4, 0.5) is 24.9 Å². The summed E-state index contributed by atoms with van der Waals surface area (Å²) in [5, 5.41) is 2.86. The van der Waals surface area contributed by atoms with Gasteiger partial charge in [0, 0.05) is 18.5 Å². The van der Waals surface area contributed by atoms with Crippen molar-refractivity contribution in [1.82, 2.24) is 9.97 Å². The Hall–Kier alpha value is -2.29. The first-order valence-corrected chi connectivity index (χ1v) is 6.10. The van der Waals surface area contributed by atoms with Crippen molar-refractivity contribution in [2.24, 2.45) is 5.84 Å². The first-order chi connectivity index (χ1) is 9.88. The highest BCUT2D eigenvalue weighted by molar-refractivity contribution is 5.43. The van der Waals surface area contributed by atoms with Gasteiger partial charge in [0.2, 0.25) is 5.95 Å². The fraction of sp³-hybridized carbons (Fsp3) is 0.333. The van der Waals surface area contributed by atoms with E-state index in [4.69, 9.17) is 10.3 Å². The summed E-state index contributed by atoms with van der Waals surface area (Å²) in [6.07, 6.45) is -2.54. The number of aromatic nitrogens is 2. The molecule has 0 saturated heterocycles. The second-order valence-electron chi connectivity index (χ2n) is 4.43. The van der Waals surface area contributed by atoms with Crippen molar-refractivity contribution >= 4 is 11.8 Å². The van der Waals surface area contributed by atoms with Gasteiger partial charge in [-0.1, -0.05) is 0 Å². The fourth-order valence-corrected chi connectivity index (χ4v) is 1.76. The SMILES string of the molecule is CC(Cc1ccco1)Nc1cc(C(F)(F)F)nc(NN)n1. The number of anilines is 2. The molecular formula is C12H14F3N5O. The molecule has 0 aliphatic carbocycles. The first-order valence-electron chi connectivity index (χ1n) is 6.10. The Labute approximate surface area is 118 Å². The van der Waals surface area contributed by atoms with Crippen molar-refractivity contribution in [1.29, 1.82) is 0 Å². The highest BCUT2D eigenvalue weighted by Crippen LogP contribution is 2.29. The first kappa shape index (κ1) is 15.1. The van der Waals surface area contributed by atoms with E-state index < -0.39 is 11.9 Å². The minimum Gasteiger partial charge on any atom is -0.469 e. The molecule has 6 nitrogen and oxygen atoms in total. The van der Waals surface area contributed by atoms with Crippen LogP contribution in [0.5, 0.6) is 0 Å². The summed E-state index contributed by atoms with van der Waals surface area (Å²) >= 11 is 0. The Bertz CT molecular complexity index is 585. The lowest BCUT2D eigenvalue weighted by molar-refractivity contribution is -0.141. The van der Waals surface area contributed by atoms with Crippen LogP contribution in [0.2, 0.25) is 0 Å². The number of hydrogen-bond donors (Lipinski definition) is 3. The van der Waals surface area contributed by atoms with Crippen molar-refractivity contribution in [3.63, 3.8) is 0 Å². The summed E-state index contributed by atoms with van der Waals surface area (Å²) in [5.74, 6) is 5.53. The Balaban J connectivity index is 2.15. The quantitative estimate of drug-likeness (QED) is 0.580. The molecule has 4 N–H and O–H groups in total. The molecule has 2 aromatic rings. The van der Waals surface area contributed by atoms with Gasteiger partial charge in [0.25, 0.3) is 0 Å². The van der Waals surface area contributed by atoms with Crippen LogP contribution in [0.25, 0.3) is 0 Å². The predicted octanol–water partition coefficient (Wildman–Crippen LogP) is 2.42. The average Bonchev–Trinajstić information content (AvgIpc) is 2.89. The van der Waals surface area contributed by atoms with E-state index in [-0.39, 0.29) is 17.8 Å². The average molecular weight is 301 g/mol. The monoisotopic (exact) mass is 301 g/mol. The van der Waals surface area contributed by atoms with Crippen molar-refractivity contribution in [3.05, 3.63) is 35.9 Å². The minimum atomic E-state index is -4.57. The van der Waals surface area contributed by atoms with Gasteiger partial charge < -0.3 is 9.73 Å². The molecule has 0 bridgehead atoms. The van der Waals surface area contributed by atoms with Gasteiger partial charge in [-0.15, -0.1) is 0 Å². The molecule has 1 atom stereocenters. The van der Waals surface area contributed by atoms with Gasteiger partial charge in [-0.25, -0.2) is 10.8 Å². The molecule has 2 heterocycles. The largest absolute Gasteiger partial charge is 0.469 e. The summed E-state index contributed by atoms with van der Waals surface area (Å²) in [6.45, 7) is 1.80. The third-order valence-electron chi connectivity index (χ3n) is 2.63. The van der Waals surface area contributed by atoms with Gasteiger partial charge >= 0.3 is 6.18 Å². The molecule has 2 aromatic heterocycles. The zero-order chi connectivity index (χ0) is 15.5. The van der Waals surface area contributed by atoms with Crippen LogP contribution in [-0.4, -0.2) is 16.0 Å². The summed E-state index contributed by atoms with van der Waals surface area (Å²) in [7, 11) is 0. The van der Waals surface area contributed by atoms with Gasteiger partial charge in [0.15, 0.2) is 5.69 Å². The van der Waals surface area contributed by atoms with E-state index in [0.717, 1.165) is 11.8 Å². The number of nitrogens with two attached hydrogens (primary N) is 1. The summed E-state index contributed by atoms with van der Waals surface area (Å²) in [5.41, 5.74) is 0.947. The Morgan fingerprint density at radius 3 is 2.71 bits per heavy atom. The molecule has 0 aliphatic heterocycles. The predicted molar refractivity (Wildman–Crippen MR) is 70.3 cm³/mol. The van der Waals surface area contributed by atoms with Gasteiger partial charge in [0.05, 0.1) is 6.26 Å². The summed E-state index contributed by atoms with van der Waals surface area (Å²) in [4.78, 5) is 7.12.